The summed E-state index contributed by atoms with van der Waals surface area (Å²) < 4.78 is 3.63. The molecule has 0 aromatic carbocycles. The Morgan fingerprint density at radius 1 is 1.36 bits per heavy atom. The molecular formula is C10H19Te+. The quantitative estimate of drug-likeness (QED) is 0.529. The first kappa shape index (κ1) is 9.62. The molecule has 0 bridgehead atoms. The van der Waals surface area contributed by atoms with E-state index < -0.39 is 19.6 Å². The molecular weight excluding hydrogens is 248 g/mol. The second kappa shape index (κ2) is 3.96. The van der Waals surface area contributed by atoms with Crippen LogP contribution in [0.1, 0.15) is 33.6 Å². The Morgan fingerprint density at radius 3 is 2.18 bits per heavy atom. The van der Waals surface area contributed by atoms with Gasteiger partial charge in [-0.3, -0.25) is 0 Å². The Morgan fingerprint density at radius 2 is 1.82 bits per heavy atom. The summed E-state index contributed by atoms with van der Waals surface area (Å²) >= 11 is -0.729. The molecule has 0 amide bonds. The molecule has 2 atom stereocenters. The molecule has 1 aliphatic rings. The molecule has 1 heterocycles. The van der Waals surface area contributed by atoms with Gasteiger partial charge in [0.25, 0.3) is 0 Å². The van der Waals surface area contributed by atoms with Crippen molar-refractivity contribution >= 4 is 19.6 Å². The van der Waals surface area contributed by atoms with Gasteiger partial charge in [0.05, 0.1) is 0 Å². The molecule has 2 unspecified atom stereocenters. The fraction of sp³-hybridized carbons (Fsp3) is 0.800. The molecule has 0 nitrogen and oxygen atoms in total. The minimum absolute atomic E-state index is 0.729. The maximum absolute atomic E-state index is 4.03. The summed E-state index contributed by atoms with van der Waals surface area (Å²) in [5, 5.41) is 0. The predicted molar refractivity (Wildman–Crippen MR) is 53.5 cm³/mol. The monoisotopic (exact) mass is 269 g/mol. The predicted octanol–water partition coefficient (Wildman–Crippen LogP) is 3.63. The van der Waals surface area contributed by atoms with Gasteiger partial charge < -0.3 is 0 Å². The third kappa shape index (κ3) is 2.49. The van der Waals surface area contributed by atoms with Crippen LogP contribution < -0.4 is 0 Å². The third-order valence-electron chi connectivity index (χ3n) is 2.43. The topological polar surface area (TPSA) is 0 Å². The Balaban J connectivity index is 2.47. The molecule has 1 rings (SSSR count). The van der Waals surface area contributed by atoms with Crippen molar-refractivity contribution in [2.75, 3.05) is 0 Å². The Labute approximate surface area is 77.7 Å². The van der Waals surface area contributed by atoms with Gasteiger partial charge in [-0.25, -0.2) is 0 Å². The van der Waals surface area contributed by atoms with Gasteiger partial charge >= 0.3 is 77.7 Å². The van der Waals surface area contributed by atoms with Crippen molar-refractivity contribution in [3.8, 4) is 0 Å². The van der Waals surface area contributed by atoms with Crippen LogP contribution in [0.25, 0.3) is 0 Å². The molecule has 1 saturated heterocycles. The zero-order valence-electron chi connectivity index (χ0n) is 7.89. The van der Waals surface area contributed by atoms with Crippen LogP contribution in [0.3, 0.4) is 0 Å². The first-order chi connectivity index (χ1) is 5.11. The van der Waals surface area contributed by atoms with E-state index in [-0.39, 0.29) is 0 Å². The van der Waals surface area contributed by atoms with Crippen LogP contribution in [0.4, 0.5) is 0 Å². The van der Waals surface area contributed by atoms with Crippen LogP contribution in [0.15, 0.2) is 12.2 Å². The van der Waals surface area contributed by atoms with Crippen molar-refractivity contribution in [3.63, 3.8) is 0 Å². The number of allylic oxidation sites excluding steroid dienone is 1. The fourth-order valence-electron chi connectivity index (χ4n) is 1.74. The van der Waals surface area contributed by atoms with Gasteiger partial charge in [0.2, 0.25) is 0 Å². The summed E-state index contributed by atoms with van der Waals surface area (Å²) in [7, 11) is 0. The maximum atomic E-state index is 4.03. The molecule has 0 spiro atoms. The van der Waals surface area contributed by atoms with Gasteiger partial charge in [0.1, 0.15) is 0 Å². The van der Waals surface area contributed by atoms with E-state index in [1.54, 1.807) is 0 Å². The summed E-state index contributed by atoms with van der Waals surface area (Å²) in [6.45, 7) is 11.1. The van der Waals surface area contributed by atoms with Gasteiger partial charge in [-0.2, -0.15) is 0 Å². The molecule has 1 fully saturated rings. The van der Waals surface area contributed by atoms with E-state index in [9.17, 15) is 0 Å². The van der Waals surface area contributed by atoms with E-state index in [0.717, 1.165) is 7.93 Å². The van der Waals surface area contributed by atoms with Crippen molar-refractivity contribution in [2.45, 2.75) is 46.0 Å². The summed E-state index contributed by atoms with van der Waals surface area (Å²) in [4.78, 5) is 0. The fourth-order valence-corrected chi connectivity index (χ4v) is 9.75. The molecule has 1 aliphatic heterocycles. The van der Waals surface area contributed by atoms with Crippen LogP contribution in [-0.4, -0.2) is 19.6 Å². The van der Waals surface area contributed by atoms with Crippen molar-refractivity contribution < 1.29 is 0 Å². The van der Waals surface area contributed by atoms with Crippen LogP contribution in [0.5, 0.6) is 0 Å². The molecule has 0 N–H and O–H groups in total. The van der Waals surface area contributed by atoms with Gasteiger partial charge in [-0.05, 0) is 0 Å². The summed E-state index contributed by atoms with van der Waals surface area (Å²) in [6, 6.07) is 0. The normalized spacial score (nSPS) is 32.6. The molecule has 11 heavy (non-hydrogen) atoms. The SMILES string of the molecule is C=C(C)C[Te+]1C(C)CCC1C. The summed E-state index contributed by atoms with van der Waals surface area (Å²) in [5.41, 5.74) is 1.43. The first-order valence-corrected chi connectivity index (χ1v) is 8.78. The molecule has 64 valence electrons. The van der Waals surface area contributed by atoms with E-state index in [2.05, 4.69) is 27.4 Å². The molecule has 0 aliphatic carbocycles. The number of hydrogen-bond acceptors (Lipinski definition) is 0. The van der Waals surface area contributed by atoms with Crippen LogP contribution in [-0.2, 0) is 0 Å². The van der Waals surface area contributed by atoms with Crippen LogP contribution in [0.2, 0.25) is 12.4 Å². The van der Waals surface area contributed by atoms with Crippen molar-refractivity contribution in [1.29, 1.82) is 0 Å². The van der Waals surface area contributed by atoms with Crippen LogP contribution >= 0.6 is 0 Å². The molecule has 0 saturated carbocycles. The molecule has 0 radical (unpaired) electrons. The van der Waals surface area contributed by atoms with E-state index in [4.69, 9.17) is 0 Å². The van der Waals surface area contributed by atoms with Gasteiger partial charge in [0, 0.05) is 0 Å². The summed E-state index contributed by atoms with van der Waals surface area (Å²) in [5.74, 6) is 0. The standard InChI is InChI=1S/C10H19Te/c1-8(2)7-11-9(3)5-6-10(11)4/h9-10H,1,5-7H2,2-4H3/q+1. The molecule has 1 heteroatoms. The Bertz CT molecular complexity index is 141. The van der Waals surface area contributed by atoms with E-state index in [1.807, 2.05) is 0 Å². The Hall–Kier alpha value is 0.530. The van der Waals surface area contributed by atoms with Crippen LogP contribution in [0, 0.1) is 0 Å². The average Bonchev–Trinajstić information content (AvgIpc) is 2.18. The number of rotatable bonds is 2. The van der Waals surface area contributed by atoms with Gasteiger partial charge in [0.15, 0.2) is 0 Å². The summed E-state index contributed by atoms with van der Waals surface area (Å²) in [6.07, 6.45) is 3.01. The first-order valence-electron chi connectivity index (χ1n) is 4.44. The van der Waals surface area contributed by atoms with Gasteiger partial charge in [-0.15, -0.1) is 0 Å². The molecule has 0 aromatic heterocycles. The van der Waals surface area contributed by atoms with Crippen molar-refractivity contribution in [3.05, 3.63) is 12.2 Å². The number of hydrogen-bond donors (Lipinski definition) is 0. The zero-order valence-corrected chi connectivity index (χ0v) is 10.2. The second-order valence-electron chi connectivity index (χ2n) is 3.77. The Kier molecular flexibility index (Phi) is 3.47. The zero-order chi connectivity index (χ0) is 8.43. The van der Waals surface area contributed by atoms with E-state index >= 15 is 0 Å². The van der Waals surface area contributed by atoms with Crippen molar-refractivity contribution in [1.82, 2.24) is 0 Å². The minimum atomic E-state index is -0.729. The van der Waals surface area contributed by atoms with E-state index in [1.165, 1.54) is 22.9 Å². The third-order valence-corrected chi connectivity index (χ3v) is 12.0. The van der Waals surface area contributed by atoms with E-state index in [0.29, 0.717) is 0 Å². The second-order valence-corrected chi connectivity index (χ2v) is 11.9. The van der Waals surface area contributed by atoms with Crippen molar-refractivity contribution in [2.24, 2.45) is 0 Å². The van der Waals surface area contributed by atoms with Gasteiger partial charge in [-0.1, -0.05) is 0 Å². The average molecular weight is 267 g/mol. The molecule has 0 aromatic rings.